The van der Waals surface area contributed by atoms with Gasteiger partial charge in [-0.3, -0.25) is 0 Å². The first-order valence-corrected chi connectivity index (χ1v) is 10.9. The van der Waals surface area contributed by atoms with Crippen LogP contribution in [0.3, 0.4) is 0 Å². The van der Waals surface area contributed by atoms with Crippen molar-refractivity contribution < 1.29 is 14.9 Å². The van der Waals surface area contributed by atoms with Crippen LogP contribution in [-0.4, -0.2) is 61.2 Å². The van der Waals surface area contributed by atoms with Crippen molar-refractivity contribution in [3.8, 4) is 0 Å². The summed E-state index contributed by atoms with van der Waals surface area (Å²) in [7, 11) is 4.16. The van der Waals surface area contributed by atoms with E-state index in [0.717, 1.165) is 38.0 Å². The van der Waals surface area contributed by atoms with E-state index in [1.165, 1.54) is 11.1 Å². The highest BCUT2D eigenvalue weighted by atomic mass is 16.5. The number of aryl methyl sites for hydroxylation is 1. The molecule has 1 fully saturated rings. The van der Waals surface area contributed by atoms with Crippen molar-refractivity contribution in [1.29, 1.82) is 0 Å². The molecule has 4 heteroatoms. The number of nitrogens with zero attached hydrogens (tertiary/aromatic N) is 1. The lowest BCUT2D eigenvalue weighted by Gasteiger charge is -2.19. The molecular weight excluding hydrogens is 362 g/mol. The fourth-order valence-corrected chi connectivity index (χ4v) is 4.80. The second-order valence-corrected chi connectivity index (χ2v) is 9.09. The minimum Gasteiger partial charge on any atom is -0.392 e. The van der Waals surface area contributed by atoms with Gasteiger partial charge >= 0.3 is 0 Å². The van der Waals surface area contributed by atoms with Crippen LogP contribution in [0, 0.1) is 24.7 Å². The van der Waals surface area contributed by atoms with Crippen molar-refractivity contribution in [2.45, 2.75) is 44.8 Å². The SMILES string of the molecule is Cc1cccc(C[C@@H](O)C=C[C@@H]2[C@H]3CC(COCCCN(C)C)=C[C@H]3C[C@H]2O)c1. The Labute approximate surface area is 175 Å². The highest BCUT2D eigenvalue weighted by Crippen LogP contribution is 2.47. The number of fused-ring (bicyclic) bond motifs is 1. The van der Waals surface area contributed by atoms with Crippen molar-refractivity contribution in [1.82, 2.24) is 4.90 Å². The largest absolute Gasteiger partial charge is 0.392 e. The van der Waals surface area contributed by atoms with Crippen LogP contribution < -0.4 is 0 Å². The van der Waals surface area contributed by atoms with Gasteiger partial charge in [0.2, 0.25) is 0 Å². The molecule has 1 aromatic rings. The smallest absolute Gasteiger partial charge is 0.0761 e. The van der Waals surface area contributed by atoms with Crippen LogP contribution in [0.5, 0.6) is 0 Å². The molecule has 0 spiro atoms. The Balaban J connectivity index is 1.47. The van der Waals surface area contributed by atoms with E-state index in [-0.39, 0.29) is 12.0 Å². The summed E-state index contributed by atoms with van der Waals surface area (Å²) >= 11 is 0. The van der Waals surface area contributed by atoms with Gasteiger partial charge in [-0.05, 0) is 69.8 Å². The Morgan fingerprint density at radius 1 is 1.31 bits per heavy atom. The van der Waals surface area contributed by atoms with Crippen molar-refractivity contribution in [3.63, 3.8) is 0 Å². The number of allylic oxidation sites excluding steroid dienone is 1. The van der Waals surface area contributed by atoms with Gasteiger partial charge in [0.05, 0.1) is 18.8 Å². The molecule has 160 valence electrons. The third-order valence-corrected chi connectivity index (χ3v) is 6.21. The molecule has 0 bridgehead atoms. The van der Waals surface area contributed by atoms with Gasteiger partial charge in [-0.1, -0.05) is 48.1 Å². The van der Waals surface area contributed by atoms with Gasteiger partial charge in [0.25, 0.3) is 0 Å². The maximum Gasteiger partial charge on any atom is 0.0761 e. The molecule has 1 aromatic carbocycles. The second-order valence-electron chi connectivity index (χ2n) is 9.09. The lowest BCUT2D eigenvalue weighted by atomic mass is 9.89. The Morgan fingerprint density at radius 3 is 2.90 bits per heavy atom. The number of hydrogen-bond acceptors (Lipinski definition) is 4. The van der Waals surface area contributed by atoms with E-state index in [1.807, 2.05) is 12.1 Å². The molecule has 0 aromatic heterocycles. The summed E-state index contributed by atoms with van der Waals surface area (Å²) in [6, 6.07) is 8.26. The third-order valence-electron chi connectivity index (χ3n) is 6.21. The molecule has 0 unspecified atom stereocenters. The molecule has 0 aliphatic heterocycles. The van der Waals surface area contributed by atoms with Gasteiger partial charge in [0, 0.05) is 18.9 Å². The number of benzene rings is 1. The van der Waals surface area contributed by atoms with Gasteiger partial charge in [0.1, 0.15) is 0 Å². The summed E-state index contributed by atoms with van der Waals surface area (Å²) in [6.45, 7) is 4.62. The van der Waals surface area contributed by atoms with Crippen molar-refractivity contribution >= 4 is 0 Å². The Morgan fingerprint density at radius 2 is 2.14 bits per heavy atom. The number of hydrogen-bond donors (Lipinski definition) is 2. The van der Waals surface area contributed by atoms with Crippen LogP contribution in [0.4, 0.5) is 0 Å². The molecule has 29 heavy (non-hydrogen) atoms. The maximum atomic E-state index is 10.5. The van der Waals surface area contributed by atoms with Gasteiger partial charge in [-0.15, -0.1) is 0 Å². The average molecular weight is 400 g/mol. The first-order valence-electron chi connectivity index (χ1n) is 10.9. The molecule has 2 aliphatic carbocycles. The molecule has 1 saturated carbocycles. The zero-order valence-corrected chi connectivity index (χ0v) is 18.1. The summed E-state index contributed by atoms with van der Waals surface area (Å²) in [5, 5.41) is 21.0. The summed E-state index contributed by atoms with van der Waals surface area (Å²) in [6.07, 6.45) is 8.92. The number of aliphatic hydroxyl groups excluding tert-OH is 2. The molecule has 0 radical (unpaired) electrons. The average Bonchev–Trinajstić information content (AvgIpc) is 3.16. The molecule has 2 aliphatic rings. The minimum absolute atomic E-state index is 0.120. The van der Waals surface area contributed by atoms with Crippen molar-refractivity contribution in [3.05, 3.63) is 59.2 Å². The topological polar surface area (TPSA) is 52.9 Å². The zero-order valence-electron chi connectivity index (χ0n) is 18.1. The zero-order chi connectivity index (χ0) is 20.8. The Kier molecular flexibility index (Phi) is 8.07. The van der Waals surface area contributed by atoms with Crippen LogP contribution in [-0.2, 0) is 11.2 Å². The van der Waals surface area contributed by atoms with E-state index in [4.69, 9.17) is 4.74 Å². The summed E-state index contributed by atoms with van der Waals surface area (Å²) in [4.78, 5) is 2.17. The van der Waals surface area contributed by atoms with E-state index >= 15 is 0 Å². The number of rotatable bonds is 10. The van der Waals surface area contributed by atoms with Crippen LogP contribution in [0.1, 0.15) is 30.4 Å². The van der Waals surface area contributed by atoms with Crippen LogP contribution >= 0.6 is 0 Å². The Hall–Kier alpha value is -1.46. The third kappa shape index (κ3) is 6.51. The standard InChI is InChI=1S/C25H37NO3/c1-18-6-4-7-19(12-18)14-22(27)8-9-23-24-15-20(13-21(24)16-25(23)28)17-29-11-5-10-26(2)3/h4,6-9,12-13,21-25,27-28H,5,10-11,14-17H2,1-3H3/t21-,22-,23+,24-,25+/m0/s1. The normalized spacial score (nSPS) is 27.6. The van der Waals surface area contributed by atoms with Crippen molar-refractivity contribution in [2.75, 3.05) is 33.9 Å². The predicted molar refractivity (Wildman–Crippen MR) is 118 cm³/mol. The number of ether oxygens (including phenoxy) is 1. The molecular formula is C25H37NO3. The molecule has 2 N–H and O–H groups in total. The predicted octanol–water partition coefficient (Wildman–Crippen LogP) is 3.37. The summed E-state index contributed by atoms with van der Waals surface area (Å²) in [5.41, 5.74) is 3.72. The fraction of sp³-hybridized carbons (Fsp3) is 0.600. The number of aliphatic hydroxyl groups is 2. The van der Waals surface area contributed by atoms with E-state index in [1.54, 1.807) is 0 Å². The fourth-order valence-electron chi connectivity index (χ4n) is 4.80. The molecule has 4 nitrogen and oxygen atoms in total. The quantitative estimate of drug-likeness (QED) is 0.468. The summed E-state index contributed by atoms with van der Waals surface area (Å²) in [5.74, 6) is 0.997. The van der Waals surface area contributed by atoms with E-state index < -0.39 is 6.10 Å². The van der Waals surface area contributed by atoms with E-state index in [9.17, 15) is 10.2 Å². The highest BCUT2D eigenvalue weighted by Gasteiger charge is 2.43. The molecule has 5 atom stereocenters. The lowest BCUT2D eigenvalue weighted by Crippen LogP contribution is -2.19. The molecule has 0 saturated heterocycles. The first kappa shape index (κ1) is 22.2. The van der Waals surface area contributed by atoms with E-state index in [0.29, 0.717) is 24.9 Å². The Bertz CT molecular complexity index is 712. The van der Waals surface area contributed by atoms with Gasteiger partial charge in [-0.2, -0.15) is 0 Å². The maximum absolute atomic E-state index is 10.5. The van der Waals surface area contributed by atoms with Gasteiger partial charge in [0.15, 0.2) is 0 Å². The first-order chi connectivity index (χ1) is 13.9. The van der Waals surface area contributed by atoms with Gasteiger partial charge < -0.3 is 19.8 Å². The van der Waals surface area contributed by atoms with Crippen molar-refractivity contribution in [2.24, 2.45) is 17.8 Å². The monoisotopic (exact) mass is 399 g/mol. The second kappa shape index (κ2) is 10.5. The lowest BCUT2D eigenvalue weighted by molar-refractivity contribution is 0.132. The van der Waals surface area contributed by atoms with Crippen LogP contribution in [0.2, 0.25) is 0 Å². The molecule has 3 rings (SSSR count). The van der Waals surface area contributed by atoms with Crippen LogP contribution in [0.15, 0.2) is 48.1 Å². The van der Waals surface area contributed by atoms with Gasteiger partial charge in [-0.25, -0.2) is 0 Å². The highest BCUT2D eigenvalue weighted by molar-refractivity contribution is 5.24. The van der Waals surface area contributed by atoms with Crippen LogP contribution in [0.25, 0.3) is 0 Å². The summed E-state index contributed by atoms with van der Waals surface area (Å²) < 4.78 is 5.85. The molecule has 0 heterocycles. The van der Waals surface area contributed by atoms with E-state index in [2.05, 4.69) is 56.3 Å². The minimum atomic E-state index is -0.517. The molecule has 0 amide bonds.